The van der Waals surface area contributed by atoms with E-state index in [2.05, 4.69) is 13.8 Å². The van der Waals surface area contributed by atoms with Gasteiger partial charge in [-0.25, -0.2) is 8.78 Å². The van der Waals surface area contributed by atoms with Gasteiger partial charge in [0, 0.05) is 6.04 Å². The SMILES string of the molecule is CC1(C)CCCC1C(N)Cc1cc(F)ccc1F. The number of halogens is 2. The van der Waals surface area contributed by atoms with E-state index in [4.69, 9.17) is 5.73 Å². The highest BCUT2D eigenvalue weighted by atomic mass is 19.1. The topological polar surface area (TPSA) is 26.0 Å². The van der Waals surface area contributed by atoms with Gasteiger partial charge in [-0.15, -0.1) is 0 Å². The molecule has 1 aromatic rings. The lowest BCUT2D eigenvalue weighted by Gasteiger charge is -2.32. The van der Waals surface area contributed by atoms with Crippen molar-refractivity contribution < 1.29 is 8.78 Å². The molecule has 0 radical (unpaired) electrons. The van der Waals surface area contributed by atoms with Gasteiger partial charge in [-0.2, -0.15) is 0 Å². The Kier molecular flexibility index (Phi) is 3.71. The van der Waals surface area contributed by atoms with Gasteiger partial charge in [0.2, 0.25) is 0 Å². The Morgan fingerprint density at radius 2 is 2.11 bits per heavy atom. The summed E-state index contributed by atoms with van der Waals surface area (Å²) >= 11 is 0. The molecule has 0 bridgehead atoms. The van der Waals surface area contributed by atoms with Crippen LogP contribution in [0.5, 0.6) is 0 Å². The average molecular weight is 253 g/mol. The van der Waals surface area contributed by atoms with Crippen molar-refractivity contribution in [3.8, 4) is 0 Å². The highest BCUT2D eigenvalue weighted by Crippen LogP contribution is 2.44. The first kappa shape index (κ1) is 13.5. The van der Waals surface area contributed by atoms with Gasteiger partial charge in [0.05, 0.1) is 0 Å². The molecule has 1 nitrogen and oxygen atoms in total. The van der Waals surface area contributed by atoms with Crippen LogP contribution in [0.1, 0.15) is 38.7 Å². The Morgan fingerprint density at radius 3 is 2.72 bits per heavy atom. The summed E-state index contributed by atoms with van der Waals surface area (Å²) in [6.45, 7) is 4.43. The second-order valence-electron chi connectivity index (χ2n) is 6.09. The third-order valence-corrected chi connectivity index (χ3v) is 4.32. The van der Waals surface area contributed by atoms with Gasteiger partial charge in [0.25, 0.3) is 0 Å². The summed E-state index contributed by atoms with van der Waals surface area (Å²) in [6, 6.07) is 3.48. The molecule has 0 aromatic heterocycles. The second-order valence-corrected chi connectivity index (χ2v) is 6.09. The lowest BCUT2D eigenvalue weighted by atomic mass is 9.76. The number of hydrogen-bond acceptors (Lipinski definition) is 1. The summed E-state index contributed by atoms with van der Waals surface area (Å²) in [6.07, 6.45) is 3.84. The zero-order chi connectivity index (χ0) is 13.3. The third kappa shape index (κ3) is 2.72. The van der Waals surface area contributed by atoms with Gasteiger partial charge in [-0.1, -0.05) is 20.3 Å². The maximum atomic E-state index is 13.6. The molecule has 100 valence electrons. The fourth-order valence-electron chi connectivity index (χ4n) is 3.24. The molecule has 0 aliphatic heterocycles. The van der Waals surface area contributed by atoms with Crippen LogP contribution in [0.3, 0.4) is 0 Å². The minimum absolute atomic E-state index is 0.0983. The predicted molar refractivity (Wildman–Crippen MR) is 69.2 cm³/mol. The number of rotatable bonds is 3. The zero-order valence-corrected chi connectivity index (χ0v) is 11.0. The summed E-state index contributed by atoms with van der Waals surface area (Å²) in [5, 5.41) is 0. The Hall–Kier alpha value is -0.960. The second kappa shape index (κ2) is 4.96. The third-order valence-electron chi connectivity index (χ3n) is 4.32. The maximum absolute atomic E-state index is 13.6. The van der Waals surface area contributed by atoms with E-state index in [0.29, 0.717) is 17.9 Å². The maximum Gasteiger partial charge on any atom is 0.126 e. The van der Waals surface area contributed by atoms with Crippen LogP contribution in [0.25, 0.3) is 0 Å². The molecule has 2 rings (SSSR count). The highest BCUT2D eigenvalue weighted by Gasteiger charge is 2.38. The van der Waals surface area contributed by atoms with E-state index in [1.165, 1.54) is 18.6 Å². The van der Waals surface area contributed by atoms with E-state index in [-0.39, 0.29) is 17.3 Å². The summed E-state index contributed by atoms with van der Waals surface area (Å²) in [7, 11) is 0. The molecule has 0 heterocycles. The van der Waals surface area contributed by atoms with E-state index in [1.807, 2.05) is 0 Å². The van der Waals surface area contributed by atoms with E-state index < -0.39 is 5.82 Å². The van der Waals surface area contributed by atoms with Crippen molar-refractivity contribution in [3.05, 3.63) is 35.4 Å². The van der Waals surface area contributed by atoms with E-state index in [0.717, 1.165) is 18.9 Å². The molecule has 0 amide bonds. The molecule has 18 heavy (non-hydrogen) atoms. The smallest absolute Gasteiger partial charge is 0.126 e. The van der Waals surface area contributed by atoms with Crippen molar-refractivity contribution in [1.29, 1.82) is 0 Å². The first-order chi connectivity index (χ1) is 8.40. The van der Waals surface area contributed by atoms with Crippen LogP contribution >= 0.6 is 0 Å². The number of nitrogens with two attached hydrogens (primary N) is 1. The molecule has 3 heteroatoms. The molecule has 2 N–H and O–H groups in total. The molecule has 1 aromatic carbocycles. The van der Waals surface area contributed by atoms with Crippen LogP contribution < -0.4 is 5.73 Å². The van der Waals surface area contributed by atoms with Gasteiger partial charge in [-0.3, -0.25) is 0 Å². The van der Waals surface area contributed by atoms with Crippen LogP contribution in [0.4, 0.5) is 8.78 Å². The Labute approximate surface area is 107 Å². The zero-order valence-electron chi connectivity index (χ0n) is 11.0. The minimum atomic E-state index is -0.399. The van der Waals surface area contributed by atoms with Crippen molar-refractivity contribution in [2.24, 2.45) is 17.1 Å². The molecule has 1 aliphatic carbocycles. The van der Waals surface area contributed by atoms with Gasteiger partial charge in [0.15, 0.2) is 0 Å². The van der Waals surface area contributed by atoms with Gasteiger partial charge in [0.1, 0.15) is 11.6 Å². The average Bonchev–Trinajstić information content (AvgIpc) is 2.63. The van der Waals surface area contributed by atoms with Crippen molar-refractivity contribution in [2.75, 3.05) is 0 Å². The fraction of sp³-hybridized carbons (Fsp3) is 0.600. The highest BCUT2D eigenvalue weighted by molar-refractivity contribution is 5.20. The van der Waals surface area contributed by atoms with Crippen molar-refractivity contribution in [1.82, 2.24) is 0 Å². The number of benzene rings is 1. The van der Waals surface area contributed by atoms with Crippen LogP contribution in [-0.2, 0) is 6.42 Å². The van der Waals surface area contributed by atoms with Gasteiger partial charge >= 0.3 is 0 Å². The molecular formula is C15H21F2N. The summed E-state index contributed by atoms with van der Waals surface area (Å²) in [5.74, 6) is -0.368. The Balaban J connectivity index is 2.11. The summed E-state index contributed by atoms with van der Waals surface area (Å²) < 4.78 is 26.7. The van der Waals surface area contributed by atoms with E-state index in [9.17, 15) is 8.78 Å². The summed E-state index contributed by atoms with van der Waals surface area (Å²) in [5.41, 5.74) is 6.82. The molecule has 2 atom stereocenters. The van der Waals surface area contributed by atoms with Gasteiger partial charge in [-0.05, 0) is 54.4 Å². The molecule has 0 saturated heterocycles. The van der Waals surface area contributed by atoms with Crippen molar-refractivity contribution in [3.63, 3.8) is 0 Å². The van der Waals surface area contributed by atoms with Gasteiger partial charge < -0.3 is 5.73 Å². The van der Waals surface area contributed by atoms with Crippen LogP contribution in [0.2, 0.25) is 0 Å². The van der Waals surface area contributed by atoms with Crippen LogP contribution in [-0.4, -0.2) is 6.04 Å². The first-order valence-electron chi connectivity index (χ1n) is 6.59. The summed E-state index contributed by atoms with van der Waals surface area (Å²) in [4.78, 5) is 0. The predicted octanol–water partition coefficient (Wildman–Crippen LogP) is 3.66. The van der Waals surface area contributed by atoms with E-state index >= 15 is 0 Å². The lowest BCUT2D eigenvalue weighted by Crippen LogP contribution is -2.38. The normalized spacial score (nSPS) is 24.2. The minimum Gasteiger partial charge on any atom is -0.327 e. The van der Waals surface area contributed by atoms with Crippen LogP contribution in [0.15, 0.2) is 18.2 Å². The largest absolute Gasteiger partial charge is 0.327 e. The fourth-order valence-corrected chi connectivity index (χ4v) is 3.24. The quantitative estimate of drug-likeness (QED) is 0.874. The van der Waals surface area contributed by atoms with Crippen molar-refractivity contribution >= 4 is 0 Å². The van der Waals surface area contributed by atoms with E-state index in [1.54, 1.807) is 0 Å². The van der Waals surface area contributed by atoms with Crippen molar-refractivity contribution in [2.45, 2.75) is 45.6 Å². The monoisotopic (exact) mass is 253 g/mol. The molecule has 2 unspecified atom stereocenters. The molecule has 0 spiro atoms. The molecule has 1 saturated carbocycles. The number of hydrogen-bond donors (Lipinski definition) is 1. The molecule has 1 aliphatic rings. The Morgan fingerprint density at radius 1 is 1.39 bits per heavy atom. The molecular weight excluding hydrogens is 232 g/mol. The first-order valence-corrected chi connectivity index (χ1v) is 6.59. The molecule has 1 fully saturated rings. The Bertz CT molecular complexity index is 429. The standard InChI is InChI=1S/C15H21F2N/c1-15(2)7-3-4-12(15)14(18)9-10-8-11(16)5-6-13(10)17/h5-6,8,12,14H,3-4,7,9,18H2,1-2H3. The lowest BCUT2D eigenvalue weighted by molar-refractivity contribution is 0.219. The van der Waals surface area contributed by atoms with Crippen LogP contribution in [0, 0.1) is 23.0 Å².